The highest BCUT2D eigenvalue weighted by Crippen LogP contribution is 2.70. The minimum absolute atomic E-state index is 0.0970. The molecule has 0 aliphatic heterocycles. The number of hydrogen-bond acceptors (Lipinski definition) is 6. The highest BCUT2D eigenvalue weighted by molar-refractivity contribution is 6.71. The molecule has 4 aliphatic rings. The van der Waals surface area contributed by atoms with Crippen LogP contribution in [0.15, 0.2) is 5.16 Å². The Kier molecular flexibility index (Phi) is 10.6. The first kappa shape index (κ1) is 37.0. The normalized spacial score (nSPS) is 40.3. The average Bonchev–Trinajstić information content (AvgIpc) is 3.10. The molecule has 0 aromatic carbocycles. The van der Waals surface area contributed by atoms with Crippen LogP contribution < -0.4 is 0 Å². The Labute approximate surface area is 275 Å². The predicted octanol–water partition coefficient (Wildman–Crippen LogP) is 9.52. The van der Waals surface area contributed by atoms with E-state index < -0.39 is 38.9 Å². The van der Waals surface area contributed by atoms with Crippen LogP contribution in [0.4, 0.5) is 0 Å². The van der Waals surface area contributed by atoms with Gasteiger partial charge >= 0.3 is 0 Å². The standard InChI is InChI=1S/C34H69NO5Si4/c1-32-20-18-26(38-42(7,8)9)22-25(32)16-17-27-28-19-21-34(40-44(13,14)15,30(35-36-3)24-37-41(4,5)6)33(28,2)23-29(31(27)32)39-43(10,11)12/h25-29,31H,16-24H2,1-15H3/b35-30-/t25-,26+,27-,28-,29-,31+,32-,33-,34-/m0/s1. The van der Waals surface area contributed by atoms with Crippen LogP contribution in [0.1, 0.15) is 65.2 Å². The van der Waals surface area contributed by atoms with E-state index in [1.165, 1.54) is 38.5 Å². The molecule has 4 fully saturated rings. The van der Waals surface area contributed by atoms with Gasteiger partial charge in [-0.15, -0.1) is 0 Å². The van der Waals surface area contributed by atoms with Crippen molar-refractivity contribution in [1.29, 1.82) is 0 Å². The first-order valence-corrected chi connectivity index (χ1v) is 31.4. The summed E-state index contributed by atoms with van der Waals surface area (Å²) < 4.78 is 28.2. The van der Waals surface area contributed by atoms with Gasteiger partial charge in [0, 0.05) is 17.6 Å². The maximum atomic E-state index is 7.50. The largest absolute Gasteiger partial charge is 0.415 e. The lowest BCUT2D eigenvalue weighted by molar-refractivity contribution is -0.183. The zero-order valence-electron chi connectivity index (χ0n) is 31.3. The second kappa shape index (κ2) is 12.6. The molecule has 9 atom stereocenters. The van der Waals surface area contributed by atoms with Gasteiger partial charge in [0.05, 0.1) is 6.61 Å². The van der Waals surface area contributed by atoms with Gasteiger partial charge in [0.1, 0.15) is 18.4 Å². The fourth-order valence-electron chi connectivity index (χ4n) is 10.3. The smallest absolute Gasteiger partial charge is 0.185 e. The lowest BCUT2D eigenvalue weighted by Crippen LogP contribution is -2.66. The molecule has 256 valence electrons. The zero-order chi connectivity index (χ0) is 33.1. The van der Waals surface area contributed by atoms with Gasteiger partial charge in [0.2, 0.25) is 0 Å². The molecule has 0 heterocycles. The summed E-state index contributed by atoms with van der Waals surface area (Å²) in [6, 6.07) is 0. The number of rotatable bonds is 11. The third-order valence-corrected chi connectivity index (χ3v) is 15.5. The Morgan fingerprint density at radius 3 is 1.93 bits per heavy atom. The van der Waals surface area contributed by atoms with Crippen LogP contribution in [0.2, 0.25) is 78.6 Å². The van der Waals surface area contributed by atoms with Crippen LogP contribution in [0.3, 0.4) is 0 Å². The molecule has 0 aromatic rings. The molecule has 4 rings (SSSR count). The maximum Gasteiger partial charge on any atom is 0.185 e. The molecule has 0 bridgehead atoms. The van der Waals surface area contributed by atoms with E-state index in [-0.39, 0.29) is 11.5 Å². The second-order valence-electron chi connectivity index (χ2n) is 19.3. The van der Waals surface area contributed by atoms with E-state index in [0.29, 0.717) is 35.9 Å². The van der Waals surface area contributed by atoms with Crippen LogP contribution >= 0.6 is 0 Å². The molecule has 0 unspecified atom stereocenters. The second-order valence-corrected chi connectivity index (χ2v) is 37.2. The quantitative estimate of drug-likeness (QED) is 0.123. The van der Waals surface area contributed by atoms with Crippen LogP contribution in [-0.2, 0) is 22.5 Å². The molecule has 6 nitrogen and oxygen atoms in total. The van der Waals surface area contributed by atoms with Crippen molar-refractivity contribution in [3.05, 3.63) is 0 Å². The van der Waals surface area contributed by atoms with E-state index in [4.69, 9.17) is 27.7 Å². The van der Waals surface area contributed by atoms with E-state index >= 15 is 0 Å². The van der Waals surface area contributed by atoms with Gasteiger partial charge < -0.3 is 22.5 Å². The van der Waals surface area contributed by atoms with E-state index in [9.17, 15) is 0 Å². The SMILES string of the molecule is CO/N=C(/CO[Si](C)(C)C)[C@@]1(O[Si](C)(C)C)CC[C@H]2[C@@H]3CC[C@H]4C[C@H](O[Si](C)(C)C)CC[C@]4(C)[C@H]3[C@@H](O[Si](C)(C)C)C[C@@]21C. The maximum absolute atomic E-state index is 7.50. The Hall–Kier alpha value is 0.178. The molecular formula is C34H69NO5Si4. The summed E-state index contributed by atoms with van der Waals surface area (Å²) >= 11 is 0. The van der Waals surface area contributed by atoms with Crippen molar-refractivity contribution in [3.8, 4) is 0 Å². The third kappa shape index (κ3) is 7.73. The number of nitrogens with zero attached hydrogens (tertiary/aromatic N) is 1. The monoisotopic (exact) mass is 683 g/mol. The first-order chi connectivity index (χ1) is 19.9. The Balaban J connectivity index is 1.78. The van der Waals surface area contributed by atoms with Crippen molar-refractivity contribution in [2.45, 2.75) is 162 Å². The first-order valence-electron chi connectivity index (χ1n) is 17.7. The van der Waals surface area contributed by atoms with Gasteiger partial charge in [0.15, 0.2) is 33.3 Å². The molecule has 0 N–H and O–H groups in total. The summed E-state index contributed by atoms with van der Waals surface area (Å²) in [5.74, 6) is 2.52. The number of hydrogen-bond donors (Lipinski definition) is 0. The summed E-state index contributed by atoms with van der Waals surface area (Å²) in [4.78, 5) is 5.62. The summed E-state index contributed by atoms with van der Waals surface area (Å²) in [5.41, 5.74) is 0.678. The van der Waals surface area contributed by atoms with Crippen LogP contribution in [-0.4, -0.2) is 70.5 Å². The highest BCUT2D eigenvalue weighted by atomic mass is 28.4. The summed E-state index contributed by atoms with van der Waals surface area (Å²) in [6.07, 6.45) is 10.2. The Morgan fingerprint density at radius 1 is 0.750 bits per heavy atom. The molecule has 4 saturated carbocycles. The van der Waals surface area contributed by atoms with Gasteiger partial charge in [-0.2, -0.15) is 0 Å². The topological polar surface area (TPSA) is 58.5 Å². The van der Waals surface area contributed by atoms with Crippen molar-refractivity contribution < 1.29 is 22.5 Å². The van der Waals surface area contributed by atoms with Crippen molar-refractivity contribution in [2.75, 3.05) is 13.7 Å². The molecule has 0 amide bonds. The average molecular weight is 684 g/mol. The predicted molar refractivity (Wildman–Crippen MR) is 194 cm³/mol. The molecular weight excluding hydrogens is 615 g/mol. The fraction of sp³-hybridized carbons (Fsp3) is 0.971. The fourth-order valence-corrected chi connectivity index (χ4v) is 14.7. The van der Waals surface area contributed by atoms with Gasteiger partial charge in [-0.05, 0) is 159 Å². The highest BCUT2D eigenvalue weighted by Gasteiger charge is 2.70. The molecule has 10 heteroatoms. The van der Waals surface area contributed by atoms with E-state index in [1.807, 2.05) is 0 Å². The van der Waals surface area contributed by atoms with Crippen LogP contribution in [0.25, 0.3) is 0 Å². The van der Waals surface area contributed by atoms with E-state index in [1.54, 1.807) is 7.11 Å². The van der Waals surface area contributed by atoms with E-state index in [2.05, 4.69) is 92.4 Å². The molecule has 4 aliphatic carbocycles. The van der Waals surface area contributed by atoms with E-state index in [0.717, 1.165) is 24.5 Å². The van der Waals surface area contributed by atoms with Gasteiger partial charge in [-0.25, -0.2) is 0 Å². The molecule has 44 heavy (non-hydrogen) atoms. The van der Waals surface area contributed by atoms with Gasteiger partial charge in [-0.1, -0.05) is 19.0 Å². The lowest BCUT2D eigenvalue weighted by atomic mass is 9.43. The summed E-state index contributed by atoms with van der Waals surface area (Å²) in [6.45, 7) is 33.7. The molecule has 0 aromatic heterocycles. The number of fused-ring (bicyclic) bond motifs is 5. The Bertz CT molecular complexity index is 1050. The third-order valence-electron chi connectivity index (χ3n) is 11.5. The molecule has 0 spiro atoms. The summed E-state index contributed by atoms with van der Waals surface area (Å²) in [7, 11) is -5.49. The minimum Gasteiger partial charge on any atom is -0.415 e. The van der Waals surface area contributed by atoms with Crippen LogP contribution in [0, 0.1) is 34.5 Å². The molecule has 0 saturated heterocycles. The lowest BCUT2D eigenvalue weighted by Gasteiger charge is -2.65. The number of oxime groups is 1. The zero-order valence-corrected chi connectivity index (χ0v) is 35.3. The van der Waals surface area contributed by atoms with Crippen LogP contribution in [0.5, 0.6) is 0 Å². The van der Waals surface area contributed by atoms with Crippen molar-refractivity contribution in [1.82, 2.24) is 0 Å². The molecule has 0 radical (unpaired) electrons. The minimum atomic E-state index is -1.99. The summed E-state index contributed by atoms with van der Waals surface area (Å²) in [5, 5.41) is 4.79. The van der Waals surface area contributed by atoms with Gasteiger partial charge in [-0.3, -0.25) is 0 Å². The van der Waals surface area contributed by atoms with Crippen molar-refractivity contribution in [2.24, 2.45) is 39.7 Å². The van der Waals surface area contributed by atoms with Crippen molar-refractivity contribution >= 4 is 39.0 Å². The van der Waals surface area contributed by atoms with Crippen molar-refractivity contribution in [3.63, 3.8) is 0 Å². The van der Waals surface area contributed by atoms with Gasteiger partial charge in [0.25, 0.3) is 0 Å². The Morgan fingerprint density at radius 2 is 1.39 bits per heavy atom.